The molecule has 0 radical (unpaired) electrons. The number of para-hydroxylation sites is 3. The fourth-order valence-corrected chi connectivity index (χ4v) is 8.67. The minimum Gasteiger partial charge on any atom is -0.456 e. The number of anilines is 3. The second-order valence-electron chi connectivity index (χ2n) is 14.4. The van der Waals surface area contributed by atoms with E-state index < -0.39 is 0 Å². The first-order valence-electron chi connectivity index (χ1n) is 18.9. The molecule has 0 saturated heterocycles. The van der Waals surface area contributed by atoms with Crippen LogP contribution in [0.25, 0.3) is 98.8 Å². The van der Waals surface area contributed by atoms with Crippen molar-refractivity contribution < 1.29 is 13.3 Å². The van der Waals surface area contributed by atoms with E-state index in [1.807, 2.05) is 30.3 Å². The summed E-state index contributed by atoms with van der Waals surface area (Å²) < 4.78 is 19.0. The second-order valence-corrected chi connectivity index (χ2v) is 14.4. The van der Waals surface area contributed by atoms with Crippen molar-refractivity contribution in [3.63, 3.8) is 0 Å². The predicted octanol–water partition coefficient (Wildman–Crippen LogP) is 15.3. The molecular weight excluding hydrogens is 687 g/mol. The maximum Gasteiger partial charge on any atom is 0.143 e. The quantitative estimate of drug-likeness (QED) is 0.178. The summed E-state index contributed by atoms with van der Waals surface area (Å²) in [4.78, 5) is 2.36. The molecule has 56 heavy (non-hydrogen) atoms. The molecule has 0 aliphatic heterocycles. The molecule has 0 fully saturated rings. The lowest BCUT2D eigenvalue weighted by Crippen LogP contribution is -2.11. The van der Waals surface area contributed by atoms with Crippen LogP contribution in [0.2, 0.25) is 0 Å². The fraction of sp³-hybridized carbons (Fsp3) is 0. The van der Waals surface area contributed by atoms with Crippen molar-refractivity contribution in [2.75, 3.05) is 4.90 Å². The Balaban J connectivity index is 1.05. The number of nitrogens with zero attached hydrogens (tertiary/aromatic N) is 1. The van der Waals surface area contributed by atoms with Crippen LogP contribution in [-0.4, -0.2) is 0 Å². The summed E-state index contributed by atoms with van der Waals surface area (Å²) in [7, 11) is 0. The molecule has 0 spiro atoms. The maximum absolute atomic E-state index is 6.51. The third-order valence-corrected chi connectivity index (χ3v) is 11.3. The van der Waals surface area contributed by atoms with Gasteiger partial charge in [0.2, 0.25) is 0 Å². The first-order valence-corrected chi connectivity index (χ1v) is 18.9. The third-order valence-electron chi connectivity index (χ3n) is 11.3. The van der Waals surface area contributed by atoms with Gasteiger partial charge in [0, 0.05) is 54.6 Å². The van der Waals surface area contributed by atoms with E-state index in [9.17, 15) is 0 Å². The fourth-order valence-electron chi connectivity index (χ4n) is 8.67. The van der Waals surface area contributed by atoms with Gasteiger partial charge in [0.25, 0.3) is 0 Å². The molecular formula is C52H31NO3. The summed E-state index contributed by atoms with van der Waals surface area (Å²) in [6.07, 6.45) is 0. The van der Waals surface area contributed by atoms with E-state index in [1.165, 1.54) is 5.39 Å². The van der Waals surface area contributed by atoms with Gasteiger partial charge >= 0.3 is 0 Å². The molecule has 0 bridgehead atoms. The van der Waals surface area contributed by atoms with Crippen molar-refractivity contribution in [1.29, 1.82) is 0 Å². The molecule has 3 aromatic heterocycles. The number of fused-ring (bicyclic) bond motifs is 11. The van der Waals surface area contributed by atoms with Crippen molar-refractivity contribution in [2.45, 2.75) is 0 Å². The van der Waals surface area contributed by atoms with E-state index in [0.717, 1.165) is 111 Å². The van der Waals surface area contributed by atoms with E-state index in [1.54, 1.807) is 0 Å². The highest BCUT2D eigenvalue weighted by atomic mass is 16.3. The van der Waals surface area contributed by atoms with Crippen LogP contribution in [0.4, 0.5) is 17.1 Å². The molecule has 0 saturated carbocycles. The topological polar surface area (TPSA) is 42.7 Å². The first kappa shape index (κ1) is 30.9. The van der Waals surface area contributed by atoms with Gasteiger partial charge < -0.3 is 18.2 Å². The van der Waals surface area contributed by atoms with Crippen molar-refractivity contribution in [3.8, 4) is 22.3 Å². The first-order chi connectivity index (χ1) is 27.7. The third kappa shape index (κ3) is 4.66. The molecule has 0 aliphatic carbocycles. The summed E-state index contributed by atoms with van der Waals surface area (Å²) in [6.45, 7) is 0. The van der Waals surface area contributed by atoms with Crippen molar-refractivity contribution in [2.24, 2.45) is 0 Å². The normalized spacial score (nSPS) is 11.9. The monoisotopic (exact) mass is 717 g/mol. The zero-order valence-corrected chi connectivity index (χ0v) is 30.1. The van der Waals surface area contributed by atoms with Crippen LogP contribution in [0.3, 0.4) is 0 Å². The van der Waals surface area contributed by atoms with Crippen LogP contribution in [0, 0.1) is 0 Å². The van der Waals surface area contributed by atoms with Crippen LogP contribution in [0.1, 0.15) is 0 Å². The molecule has 9 aromatic carbocycles. The maximum atomic E-state index is 6.51. The van der Waals surface area contributed by atoms with E-state index in [2.05, 4.69) is 163 Å². The Bertz CT molecular complexity index is 3490. The summed E-state index contributed by atoms with van der Waals surface area (Å²) in [6, 6.07) is 66.2. The highest BCUT2D eigenvalue weighted by molar-refractivity contribution is 6.16. The lowest BCUT2D eigenvalue weighted by Gasteiger charge is -2.28. The van der Waals surface area contributed by atoms with Gasteiger partial charge in [-0.1, -0.05) is 115 Å². The van der Waals surface area contributed by atoms with Crippen LogP contribution < -0.4 is 4.90 Å². The standard InChI is InChI=1S/C52H31NO3/c1-2-12-39-32(10-1)22-27-41-43-30-34(23-28-49(43)56-52(39)41)37-11-3-6-16-45(37)53(36-26-29-48-44(31-36)40-13-4-7-17-46(40)54-48)35-24-20-33(21-25-35)38-15-9-19-50-51(38)42-14-5-8-18-47(42)55-50/h1-31H. The molecule has 4 nitrogen and oxygen atoms in total. The van der Waals surface area contributed by atoms with Crippen LogP contribution in [0.15, 0.2) is 201 Å². The van der Waals surface area contributed by atoms with E-state index in [-0.39, 0.29) is 0 Å². The number of hydrogen-bond donors (Lipinski definition) is 0. The minimum atomic E-state index is 0.865. The molecule has 0 unspecified atom stereocenters. The summed E-state index contributed by atoms with van der Waals surface area (Å²) in [5.41, 5.74) is 13.0. The Morgan fingerprint density at radius 2 is 0.929 bits per heavy atom. The van der Waals surface area contributed by atoms with Gasteiger partial charge in [-0.3, -0.25) is 0 Å². The Morgan fingerprint density at radius 1 is 0.321 bits per heavy atom. The molecule has 262 valence electrons. The van der Waals surface area contributed by atoms with E-state index in [0.29, 0.717) is 0 Å². The average molecular weight is 718 g/mol. The lowest BCUT2D eigenvalue weighted by molar-refractivity contribution is 0.668. The average Bonchev–Trinajstić information content (AvgIpc) is 3.95. The Kier molecular flexibility index (Phi) is 6.60. The summed E-state index contributed by atoms with van der Waals surface area (Å²) >= 11 is 0. The number of hydrogen-bond acceptors (Lipinski definition) is 4. The van der Waals surface area contributed by atoms with Gasteiger partial charge in [0.05, 0.1) is 5.69 Å². The Morgan fingerprint density at radius 3 is 1.82 bits per heavy atom. The number of benzene rings is 9. The van der Waals surface area contributed by atoms with Gasteiger partial charge in [-0.2, -0.15) is 0 Å². The van der Waals surface area contributed by atoms with Gasteiger partial charge in [0.1, 0.15) is 33.5 Å². The van der Waals surface area contributed by atoms with Gasteiger partial charge in [-0.15, -0.1) is 0 Å². The van der Waals surface area contributed by atoms with Crippen LogP contribution in [-0.2, 0) is 0 Å². The van der Waals surface area contributed by atoms with E-state index >= 15 is 0 Å². The van der Waals surface area contributed by atoms with Crippen molar-refractivity contribution in [1.82, 2.24) is 0 Å². The Labute approximate surface area is 321 Å². The molecule has 3 heterocycles. The second kappa shape index (κ2) is 12.0. The zero-order valence-electron chi connectivity index (χ0n) is 30.1. The smallest absolute Gasteiger partial charge is 0.143 e. The predicted molar refractivity (Wildman–Crippen MR) is 231 cm³/mol. The van der Waals surface area contributed by atoms with Crippen molar-refractivity contribution >= 4 is 93.7 Å². The number of rotatable bonds is 5. The van der Waals surface area contributed by atoms with Gasteiger partial charge in [0.15, 0.2) is 0 Å². The minimum absolute atomic E-state index is 0.865. The zero-order chi connectivity index (χ0) is 36.7. The molecule has 0 atom stereocenters. The highest BCUT2D eigenvalue weighted by Crippen LogP contribution is 2.45. The summed E-state index contributed by atoms with van der Waals surface area (Å²) in [5.74, 6) is 0. The largest absolute Gasteiger partial charge is 0.456 e. The van der Waals surface area contributed by atoms with Gasteiger partial charge in [-0.25, -0.2) is 0 Å². The molecule has 12 rings (SSSR count). The number of furan rings is 3. The Hall–Kier alpha value is -7.56. The van der Waals surface area contributed by atoms with Crippen molar-refractivity contribution in [3.05, 3.63) is 188 Å². The lowest BCUT2D eigenvalue weighted by atomic mass is 9.97. The summed E-state index contributed by atoms with van der Waals surface area (Å²) in [5, 5.41) is 8.93. The highest BCUT2D eigenvalue weighted by Gasteiger charge is 2.21. The van der Waals surface area contributed by atoms with E-state index in [4.69, 9.17) is 13.3 Å². The molecule has 0 aliphatic rings. The SMILES string of the molecule is c1ccc(N(c2ccc(-c3cccc4oc5ccccc5c34)cc2)c2ccc3oc4ccccc4c3c2)c(-c2ccc3oc4c5ccccc5ccc4c3c2)c1. The molecule has 0 N–H and O–H groups in total. The molecule has 4 heteroatoms. The molecule has 12 aromatic rings. The van der Waals surface area contributed by atoms with Crippen LogP contribution >= 0.6 is 0 Å². The molecule has 0 amide bonds. The van der Waals surface area contributed by atoms with Crippen LogP contribution in [0.5, 0.6) is 0 Å². The van der Waals surface area contributed by atoms with Gasteiger partial charge in [-0.05, 0) is 94.9 Å².